The maximum atomic E-state index is 13.1. The largest absolute Gasteiger partial charge is 0.465 e. The van der Waals surface area contributed by atoms with E-state index < -0.39 is 41.9 Å². The maximum absolute atomic E-state index is 13.1. The van der Waals surface area contributed by atoms with Crippen LogP contribution in [0.4, 0.5) is 23.8 Å². The Balaban J connectivity index is 1.29. The number of nitrogens with zero attached hydrogens (tertiary/aromatic N) is 2. The van der Waals surface area contributed by atoms with E-state index >= 15 is 0 Å². The lowest BCUT2D eigenvalue weighted by Crippen LogP contribution is -2.61. The average molecular weight is 653 g/mol. The third kappa shape index (κ3) is 8.29. The fourth-order valence-electron chi connectivity index (χ4n) is 7.20. The second kappa shape index (κ2) is 13.3. The smallest absolute Gasteiger partial charge is 0.406 e. The summed E-state index contributed by atoms with van der Waals surface area (Å²) in [5, 5.41) is 25.3. The van der Waals surface area contributed by atoms with Gasteiger partial charge in [-0.3, -0.25) is 9.59 Å². The molecule has 0 saturated heterocycles. The van der Waals surface area contributed by atoms with Gasteiger partial charge in [-0.15, -0.1) is 0 Å². The van der Waals surface area contributed by atoms with E-state index in [2.05, 4.69) is 15.6 Å². The Morgan fingerprint density at radius 1 is 0.957 bits per heavy atom. The van der Waals surface area contributed by atoms with Crippen molar-refractivity contribution in [3.05, 3.63) is 72.4 Å². The van der Waals surface area contributed by atoms with Crippen molar-refractivity contribution in [3.63, 3.8) is 0 Å². The van der Waals surface area contributed by atoms with E-state index in [1.807, 2.05) is 54.6 Å². The molecule has 3 aromatic rings. The fourth-order valence-corrected chi connectivity index (χ4v) is 7.20. The molecule has 2 fully saturated rings. The zero-order chi connectivity index (χ0) is 34.0. The highest BCUT2D eigenvalue weighted by Gasteiger charge is 2.53. The van der Waals surface area contributed by atoms with E-state index in [1.165, 1.54) is 0 Å². The number of anilines is 1. The van der Waals surface area contributed by atoms with Crippen molar-refractivity contribution in [2.24, 2.45) is 5.92 Å². The van der Waals surface area contributed by atoms with E-state index in [1.54, 1.807) is 19.2 Å². The molecule has 4 N–H and O–H groups in total. The first kappa shape index (κ1) is 33.9. The first-order chi connectivity index (χ1) is 22.1. The molecule has 0 spiro atoms. The van der Waals surface area contributed by atoms with Crippen molar-refractivity contribution in [3.8, 4) is 22.3 Å². The summed E-state index contributed by atoms with van der Waals surface area (Å²) in [5.41, 5.74) is 2.26. The van der Waals surface area contributed by atoms with E-state index in [4.69, 9.17) is 0 Å². The molecule has 5 rings (SSSR count). The molecule has 0 unspecified atom stereocenters. The number of rotatable bonds is 9. The molecule has 0 bridgehead atoms. The van der Waals surface area contributed by atoms with Crippen molar-refractivity contribution in [2.75, 3.05) is 11.9 Å². The van der Waals surface area contributed by atoms with Gasteiger partial charge in [-0.2, -0.15) is 13.2 Å². The van der Waals surface area contributed by atoms with Crippen molar-refractivity contribution >= 4 is 23.7 Å². The number of carbonyl (C=O) groups excluding carboxylic acids is 2. The van der Waals surface area contributed by atoms with Gasteiger partial charge in [0.25, 0.3) is 0 Å². The third-order valence-electron chi connectivity index (χ3n) is 9.20. The molecule has 0 atom stereocenters. The number of hydrogen-bond donors (Lipinski definition) is 4. The molecule has 0 aliphatic heterocycles. The number of alkyl halides is 3. The molecule has 0 radical (unpaired) electrons. The van der Waals surface area contributed by atoms with Crippen LogP contribution in [0.25, 0.3) is 22.3 Å². The number of amides is 3. The van der Waals surface area contributed by atoms with Gasteiger partial charge in [0.1, 0.15) is 12.4 Å². The standard InChI is InChI=1S/C35H39F3N4O5/c1-22(43)42(21-35(36,37)38)27-14-8-23(9-15-27)16-31(44)40-30-17-28(24-6-4-3-5-7-24)29(18-39-30)25-10-12-26(13-11-25)34(41-32(45)46)19-33(2,47)20-34/h3-7,10-13,17-18,23,27,41,47H,8-9,14-16,19-21H2,1-2H3,(H,45,46)(H,39,40,44). The Bertz CT molecular complexity index is 1600. The Morgan fingerprint density at radius 2 is 1.57 bits per heavy atom. The molecule has 12 heteroatoms. The summed E-state index contributed by atoms with van der Waals surface area (Å²) in [6.45, 7) is 1.57. The van der Waals surface area contributed by atoms with Gasteiger partial charge in [0, 0.05) is 44.0 Å². The topological polar surface area (TPSA) is 132 Å². The summed E-state index contributed by atoms with van der Waals surface area (Å²) in [6, 6.07) is 18.4. The lowest BCUT2D eigenvalue weighted by molar-refractivity contribution is -0.166. The van der Waals surface area contributed by atoms with Gasteiger partial charge in [-0.25, -0.2) is 9.78 Å². The molecule has 3 amide bonds. The number of aromatic nitrogens is 1. The number of pyridine rings is 1. The number of benzene rings is 2. The van der Waals surface area contributed by atoms with Crippen molar-refractivity contribution in [1.82, 2.24) is 15.2 Å². The minimum atomic E-state index is -4.46. The van der Waals surface area contributed by atoms with Crippen LogP contribution in [0.5, 0.6) is 0 Å². The lowest BCUT2D eigenvalue weighted by atomic mass is 9.62. The van der Waals surface area contributed by atoms with Crippen LogP contribution in [-0.4, -0.2) is 62.4 Å². The van der Waals surface area contributed by atoms with E-state index in [0.717, 1.165) is 39.6 Å². The van der Waals surface area contributed by atoms with E-state index in [9.17, 15) is 37.8 Å². The molecule has 47 heavy (non-hydrogen) atoms. The molecule has 9 nitrogen and oxygen atoms in total. The summed E-state index contributed by atoms with van der Waals surface area (Å²) >= 11 is 0. The molecule has 250 valence electrons. The first-order valence-corrected chi connectivity index (χ1v) is 15.7. The molecule has 2 aromatic carbocycles. The number of carboxylic acid groups (broad SMARTS) is 1. The number of nitrogens with one attached hydrogen (secondary N) is 2. The summed E-state index contributed by atoms with van der Waals surface area (Å²) < 4.78 is 39.0. The Labute approximate surface area is 271 Å². The monoisotopic (exact) mass is 652 g/mol. The van der Waals surface area contributed by atoms with E-state index in [-0.39, 0.29) is 31.1 Å². The van der Waals surface area contributed by atoms with Crippen LogP contribution in [0.1, 0.15) is 64.4 Å². The van der Waals surface area contributed by atoms with Crippen molar-refractivity contribution < 1.29 is 37.8 Å². The normalized spacial score (nSPS) is 24.1. The van der Waals surface area contributed by atoms with Gasteiger partial charge in [-0.05, 0) is 66.8 Å². The molecule has 2 saturated carbocycles. The third-order valence-corrected chi connectivity index (χ3v) is 9.20. The molecule has 2 aliphatic carbocycles. The van der Waals surface area contributed by atoms with Crippen LogP contribution in [0, 0.1) is 5.92 Å². The van der Waals surface area contributed by atoms with Crippen LogP contribution in [0.2, 0.25) is 0 Å². The highest BCUT2D eigenvalue weighted by atomic mass is 19.4. The maximum Gasteiger partial charge on any atom is 0.406 e. The highest BCUT2D eigenvalue weighted by molar-refractivity contribution is 5.92. The Kier molecular flexibility index (Phi) is 9.63. The fraction of sp³-hybridized carbons (Fsp3) is 0.429. The minimum Gasteiger partial charge on any atom is -0.465 e. The number of carbonyl (C=O) groups is 3. The van der Waals surface area contributed by atoms with E-state index in [0.29, 0.717) is 31.5 Å². The van der Waals surface area contributed by atoms with Gasteiger partial charge in [0.05, 0.1) is 11.1 Å². The zero-order valence-corrected chi connectivity index (χ0v) is 26.3. The summed E-state index contributed by atoms with van der Waals surface area (Å²) in [4.78, 5) is 41.9. The highest BCUT2D eigenvalue weighted by Crippen LogP contribution is 2.48. The second-order valence-corrected chi connectivity index (χ2v) is 13.1. The zero-order valence-electron chi connectivity index (χ0n) is 26.3. The van der Waals surface area contributed by atoms with Gasteiger partial charge < -0.3 is 25.7 Å². The van der Waals surface area contributed by atoms with Crippen LogP contribution < -0.4 is 10.6 Å². The van der Waals surface area contributed by atoms with Gasteiger partial charge in [0.15, 0.2) is 0 Å². The lowest BCUT2D eigenvalue weighted by Gasteiger charge is -2.51. The first-order valence-electron chi connectivity index (χ1n) is 15.7. The van der Waals surface area contributed by atoms with Gasteiger partial charge in [0.2, 0.25) is 11.8 Å². The van der Waals surface area contributed by atoms with Crippen LogP contribution in [-0.2, 0) is 15.1 Å². The Morgan fingerprint density at radius 3 is 2.13 bits per heavy atom. The van der Waals surface area contributed by atoms with Gasteiger partial charge >= 0.3 is 12.3 Å². The summed E-state index contributed by atoms with van der Waals surface area (Å²) in [6.07, 6.45) is -1.35. The molecular formula is C35H39F3N4O5. The predicted molar refractivity (Wildman–Crippen MR) is 170 cm³/mol. The van der Waals surface area contributed by atoms with Crippen molar-refractivity contribution in [2.45, 2.75) is 82.2 Å². The summed E-state index contributed by atoms with van der Waals surface area (Å²) in [7, 11) is 0. The SMILES string of the molecule is CC(=O)N(CC(F)(F)F)C1CCC(CC(=O)Nc2cc(-c3ccccc3)c(-c3ccc(C4(NC(=O)O)CC(C)(O)C4)cc3)cn2)CC1. The van der Waals surface area contributed by atoms with Crippen LogP contribution in [0.15, 0.2) is 66.9 Å². The molecule has 2 aliphatic rings. The van der Waals surface area contributed by atoms with Crippen LogP contribution >= 0.6 is 0 Å². The molecule has 1 aromatic heterocycles. The second-order valence-electron chi connectivity index (χ2n) is 13.1. The molecular weight excluding hydrogens is 613 g/mol. The molecule has 1 heterocycles. The number of halogens is 3. The van der Waals surface area contributed by atoms with Crippen LogP contribution in [0.3, 0.4) is 0 Å². The quantitative estimate of drug-likeness (QED) is 0.203. The predicted octanol–water partition coefficient (Wildman–Crippen LogP) is 6.72. The Hall–Kier alpha value is -4.45. The van der Waals surface area contributed by atoms with Gasteiger partial charge in [-0.1, -0.05) is 54.6 Å². The average Bonchev–Trinajstić information content (AvgIpc) is 2.99. The minimum absolute atomic E-state index is 0.0180. The number of hydrogen-bond acceptors (Lipinski definition) is 5. The van der Waals surface area contributed by atoms with Crippen molar-refractivity contribution in [1.29, 1.82) is 0 Å². The number of aliphatic hydroxyl groups is 1. The summed E-state index contributed by atoms with van der Waals surface area (Å²) in [5.74, 6) is -0.508.